The van der Waals surface area contributed by atoms with Gasteiger partial charge in [-0.3, -0.25) is 9.88 Å². The SMILES string of the molecule is COCCN1CCC[C@@H]1CN[C@@H](C)c1cncc(F)c1. The van der Waals surface area contributed by atoms with Gasteiger partial charge in [0, 0.05) is 38.5 Å². The molecule has 0 saturated carbocycles. The van der Waals surface area contributed by atoms with E-state index in [1.807, 2.05) is 6.92 Å². The van der Waals surface area contributed by atoms with Gasteiger partial charge in [0.25, 0.3) is 0 Å². The number of nitrogens with zero attached hydrogens (tertiary/aromatic N) is 2. The van der Waals surface area contributed by atoms with Crippen LogP contribution in [0.1, 0.15) is 31.4 Å². The molecule has 1 aliphatic rings. The Morgan fingerprint density at radius 3 is 3.15 bits per heavy atom. The van der Waals surface area contributed by atoms with Crippen molar-refractivity contribution in [2.75, 3.05) is 33.4 Å². The van der Waals surface area contributed by atoms with Crippen LogP contribution in [0.4, 0.5) is 4.39 Å². The Balaban J connectivity index is 1.82. The first-order valence-electron chi connectivity index (χ1n) is 7.27. The van der Waals surface area contributed by atoms with Crippen molar-refractivity contribution in [3.05, 3.63) is 29.8 Å². The van der Waals surface area contributed by atoms with Crippen molar-refractivity contribution in [3.63, 3.8) is 0 Å². The van der Waals surface area contributed by atoms with Crippen LogP contribution >= 0.6 is 0 Å². The number of ether oxygens (including phenoxy) is 1. The number of hydrogen-bond donors (Lipinski definition) is 1. The molecule has 4 nitrogen and oxygen atoms in total. The Hall–Kier alpha value is -1.04. The summed E-state index contributed by atoms with van der Waals surface area (Å²) in [5, 5.41) is 3.49. The molecule has 5 heteroatoms. The molecule has 20 heavy (non-hydrogen) atoms. The third-order valence-electron chi connectivity index (χ3n) is 3.97. The second kappa shape index (κ2) is 7.67. The largest absolute Gasteiger partial charge is 0.383 e. The number of halogens is 1. The monoisotopic (exact) mass is 281 g/mol. The first kappa shape index (κ1) is 15.4. The minimum absolute atomic E-state index is 0.114. The summed E-state index contributed by atoms with van der Waals surface area (Å²) in [5.41, 5.74) is 0.895. The van der Waals surface area contributed by atoms with E-state index in [2.05, 4.69) is 15.2 Å². The summed E-state index contributed by atoms with van der Waals surface area (Å²) in [6.07, 6.45) is 5.41. The van der Waals surface area contributed by atoms with E-state index in [0.717, 1.165) is 31.8 Å². The summed E-state index contributed by atoms with van der Waals surface area (Å²) < 4.78 is 18.3. The van der Waals surface area contributed by atoms with Crippen molar-refractivity contribution in [2.24, 2.45) is 0 Å². The molecule has 1 aromatic heterocycles. The highest BCUT2D eigenvalue weighted by molar-refractivity contribution is 5.14. The first-order chi connectivity index (χ1) is 9.70. The maximum absolute atomic E-state index is 13.2. The molecule has 112 valence electrons. The molecule has 1 aromatic rings. The molecule has 0 spiro atoms. The van der Waals surface area contributed by atoms with Crippen LogP contribution in [0, 0.1) is 5.82 Å². The van der Waals surface area contributed by atoms with E-state index < -0.39 is 0 Å². The highest BCUT2D eigenvalue weighted by atomic mass is 19.1. The van der Waals surface area contributed by atoms with E-state index in [9.17, 15) is 4.39 Å². The molecule has 1 fully saturated rings. The number of rotatable bonds is 7. The lowest BCUT2D eigenvalue weighted by molar-refractivity contribution is 0.139. The number of likely N-dealkylation sites (tertiary alicyclic amines) is 1. The van der Waals surface area contributed by atoms with Gasteiger partial charge in [-0.25, -0.2) is 4.39 Å². The Morgan fingerprint density at radius 1 is 1.55 bits per heavy atom. The number of hydrogen-bond acceptors (Lipinski definition) is 4. The van der Waals surface area contributed by atoms with E-state index in [0.29, 0.717) is 6.04 Å². The number of nitrogens with one attached hydrogen (secondary N) is 1. The van der Waals surface area contributed by atoms with Crippen LogP contribution in [-0.2, 0) is 4.74 Å². The van der Waals surface area contributed by atoms with Gasteiger partial charge in [0.2, 0.25) is 0 Å². The predicted octanol–water partition coefficient (Wildman–Crippen LogP) is 1.98. The second-order valence-corrected chi connectivity index (χ2v) is 5.39. The molecular weight excluding hydrogens is 257 g/mol. The van der Waals surface area contributed by atoms with Crippen LogP contribution < -0.4 is 5.32 Å². The molecule has 0 aromatic carbocycles. The average Bonchev–Trinajstić information content (AvgIpc) is 2.90. The van der Waals surface area contributed by atoms with Crippen molar-refractivity contribution >= 4 is 0 Å². The summed E-state index contributed by atoms with van der Waals surface area (Å²) in [4.78, 5) is 6.36. The number of methoxy groups -OCH3 is 1. The molecule has 0 amide bonds. The third-order valence-corrected chi connectivity index (χ3v) is 3.97. The van der Waals surface area contributed by atoms with Gasteiger partial charge in [-0.1, -0.05) is 0 Å². The molecule has 2 atom stereocenters. The standard InChI is InChI=1S/C15H24FN3O/c1-12(13-8-14(16)10-17-9-13)18-11-15-4-3-5-19(15)6-7-20-2/h8-10,12,15,18H,3-7,11H2,1-2H3/t12-,15+/m0/s1. The minimum Gasteiger partial charge on any atom is -0.383 e. The maximum Gasteiger partial charge on any atom is 0.141 e. The molecule has 2 rings (SSSR count). The molecule has 0 radical (unpaired) electrons. The highest BCUT2D eigenvalue weighted by Gasteiger charge is 2.24. The Bertz CT molecular complexity index is 416. The average molecular weight is 281 g/mol. The van der Waals surface area contributed by atoms with Crippen LogP contribution in [0.2, 0.25) is 0 Å². The summed E-state index contributed by atoms with van der Waals surface area (Å²) in [5.74, 6) is -0.279. The fourth-order valence-electron chi connectivity index (χ4n) is 2.72. The van der Waals surface area contributed by atoms with Crippen LogP contribution in [-0.4, -0.2) is 49.3 Å². The lowest BCUT2D eigenvalue weighted by Crippen LogP contribution is -2.40. The Kier molecular flexibility index (Phi) is 5.88. The number of aromatic nitrogens is 1. The van der Waals surface area contributed by atoms with Gasteiger partial charge in [0.15, 0.2) is 0 Å². The Morgan fingerprint density at radius 2 is 2.40 bits per heavy atom. The smallest absolute Gasteiger partial charge is 0.141 e. The fraction of sp³-hybridized carbons (Fsp3) is 0.667. The first-order valence-corrected chi connectivity index (χ1v) is 7.27. The highest BCUT2D eigenvalue weighted by Crippen LogP contribution is 2.18. The summed E-state index contributed by atoms with van der Waals surface area (Å²) in [6, 6.07) is 2.21. The zero-order valence-electron chi connectivity index (χ0n) is 12.3. The summed E-state index contributed by atoms with van der Waals surface area (Å²) >= 11 is 0. The van der Waals surface area contributed by atoms with Crippen molar-refractivity contribution in [1.82, 2.24) is 15.2 Å². The van der Waals surface area contributed by atoms with Crippen molar-refractivity contribution in [2.45, 2.75) is 31.8 Å². The van der Waals surface area contributed by atoms with Gasteiger partial charge in [0.1, 0.15) is 5.82 Å². The lowest BCUT2D eigenvalue weighted by Gasteiger charge is -2.26. The van der Waals surface area contributed by atoms with Gasteiger partial charge in [0.05, 0.1) is 12.8 Å². The third kappa shape index (κ3) is 4.23. The van der Waals surface area contributed by atoms with E-state index in [1.54, 1.807) is 19.4 Å². The van der Waals surface area contributed by atoms with Crippen molar-refractivity contribution in [3.8, 4) is 0 Å². The molecule has 1 saturated heterocycles. The number of pyridine rings is 1. The van der Waals surface area contributed by atoms with E-state index in [-0.39, 0.29) is 11.9 Å². The van der Waals surface area contributed by atoms with Crippen molar-refractivity contribution < 1.29 is 9.13 Å². The van der Waals surface area contributed by atoms with Crippen LogP contribution in [0.5, 0.6) is 0 Å². The fourth-order valence-corrected chi connectivity index (χ4v) is 2.72. The van der Waals surface area contributed by atoms with E-state index in [1.165, 1.54) is 19.0 Å². The molecule has 1 N–H and O–H groups in total. The maximum atomic E-state index is 13.2. The zero-order chi connectivity index (χ0) is 14.4. The minimum atomic E-state index is -0.279. The van der Waals surface area contributed by atoms with Crippen LogP contribution in [0.25, 0.3) is 0 Å². The van der Waals surface area contributed by atoms with Gasteiger partial charge >= 0.3 is 0 Å². The normalized spacial score (nSPS) is 21.2. The zero-order valence-corrected chi connectivity index (χ0v) is 12.3. The quantitative estimate of drug-likeness (QED) is 0.829. The predicted molar refractivity (Wildman–Crippen MR) is 77.1 cm³/mol. The van der Waals surface area contributed by atoms with Crippen molar-refractivity contribution in [1.29, 1.82) is 0 Å². The van der Waals surface area contributed by atoms with Gasteiger partial charge in [-0.15, -0.1) is 0 Å². The lowest BCUT2D eigenvalue weighted by atomic mass is 10.1. The second-order valence-electron chi connectivity index (χ2n) is 5.39. The summed E-state index contributed by atoms with van der Waals surface area (Å²) in [7, 11) is 1.74. The Labute approximate surface area is 120 Å². The molecule has 1 aliphatic heterocycles. The molecule has 0 bridgehead atoms. The van der Waals surface area contributed by atoms with Crippen LogP contribution in [0.3, 0.4) is 0 Å². The van der Waals surface area contributed by atoms with E-state index >= 15 is 0 Å². The van der Waals surface area contributed by atoms with Crippen LogP contribution in [0.15, 0.2) is 18.5 Å². The van der Waals surface area contributed by atoms with Gasteiger partial charge < -0.3 is 10.1 Å². The topological polar surface area (TPSA) is 37.4 Å². The molecule has 0 aliphatic carbocycles. The van der Waals surface area contributed by atoms with Gasteiger partial charge in [-0.2, -0.15) is 0 Å². The van der Waals surface area contributed by atoms with Gasteiger partial charge in [-0.05, 0) is 37.9 Å². The summed E-state index contributed by atoms with van der Waals surface area (Å²) in [6.45, 7) is 5.87. The molecule has 2 heterocycles. The molecule has 0 unspecified atom stereocenters. The van der Waals surface area contributed by atoms with E-state index in [4.69, 9.17) is 4.74 Å². The molecular formula is C15H24FN3O.